The highest BCUT2D eigenvalue weighted by atomic mass is 16.6. The molecular weight excluding hydrogens is 228 g/mol. The average Bonchev–Trinajstić information content (AvgIpc) is 3.09. The van der Waals surface area contributed by atoms with Crippen LogP contribution in [0.5, 0.6) is 0 Å². The van der Waals surface area contributed by atoms with Crippen LogP contribution in [0.15, 0.2) is 0 Å². The topological polar surface area (TPSA) is 55.2 Å². The van der Waals surface area contributed by atoms with Gasteiger partial charge in [0.15, 0.2) is 0 Å². The van der Waals surface area contributed by atoms with E-state index in [1.165, 1.54) is 32.1 Å². The molecule has 4 nitrogen and oxygen atoms in total. The Kier molecular flexibility index (Phi) is 2.88. The van der Waals surface area contributed by atoms with Crippen molar-refractivity contribution in [2.75, 3.05) is 6.54 Å². The van der Waals surface area contributed by atoms with Gasteiger partial charge in [-0.3, -0.25) is 10.1 Å². The zero-order valence-electron chi connectivity index (χ0n) is 11.3. The lowest BCUT2D eigenvalue weighted by molar-refractivity contribution is -0.525. The van der Waals surface area contributed by atoms with Gasteiger partial charge in [0.1, 0.15) is 0 Å². The van der Waals surface area contributed by atoms with E-state index in [0.717, 1.165) is 31.7 Å². The number of fused-ring (bicyclic) bond motifs is 1. The van der Waals surface area contributed by atoms with Crippen molar-refractivity contribution in [1.29, 1.82) is 0 Å². The average molecular weight is 252 g/mol. The summed E-state index contributed by atoms with van der Waals surface area (Å²) >= 11 is 0. The highest BCUT2D eigenvalue weighted by molar-refractivity contribution is 5.17. The van der Waals surface area contributed by atoms with Crippen molar-refractivity contribution in [3.8, 4) is 0 Å². The Morgan fingerprint density at radius 2 is 2.06 bits per heavy atom. The number of rotatable bonds is 2. The van der Waals surface area contributed by atoms with Crippen molar-refractivity contribution < 1.29 is 4.92 Å². The van der Waals surface area contributed by atoms with E-state index in [1.54, 1.807) is 0 Å². The Balaban J connectivity index is 1.81. The molecule has 1 saturated heterocycles. The summed E-state index contributed by atoms with van der Waals surface area (Å²) in [6.07, 6.45) is 9.04. The molecule has 0 spiro atoms. The molecular formula is C14H24N2O2. The third-order valence-corrected chi connectivity index (χ3v) is 5.93. The molecule has 0 amide bonds. The molecule has 0 radical (unpaired) electrons. The van der Waals surface area contributed by atoms with Gasteiger partial charge in [0.05, 0.1) is 0 Å². The minimum Gasteiger partial charge on any atom is -0.311 e. The first-order valence-electron chi connectivity index (χ1n) is 7.46. The first-order valence-corrected chi connectivity index (χ1v) is 7.46. The first-order chi connectivity index (χ1) is 8.57. The summed E-state index contributed by atoms with van der Waals surface area (Å²) in [5.41, 5.74) is 0.399. The van der Waals surface area contributed by atoms with Crippen LogP contribution in [0.2, 0.25) is 0 Å². The van der Waals surface area contributed by atoms with Crippen LogP contribution in [0.25, 0.3) is 0 Å². The van der Waals surface area contributed by atoms with Crippen LogP contribution in [0, 0.1) is 21.4 Å². The molecule has 0 aromatic heterocycles. The predicted molar refractivity (Wildman–Crippen MR) is 70.0 cm³/mol. The summed E-state index contributed by atoms with van der Waals surface area (Å²) in [4.78, 5) is 11.1. The van der Waals surface area contributed by atoms with E-state index >= 15 is 0 Å². The molecule has 4 heteroatoms. The molecule has 4 atom stereocenters. The van der Waals surface area contributed by atoms with Crippen molar-refractivity contribution in [2.24, 2.45) is 11.3 Å². The zero-order valence-corrected chi connectivity index (χ0v) is 11.3. The summed E-state index contributed by atoms with van der Waals surface area (Å²) in [5.74, 6) is 0.842. The Hall–Kier alpha value is -0.640. The van der Waals surface area contributed by atoms with Gasteiger partial charge in [-0.15, -0.1) is 0 Å². The lowest BCUT2D eigenvalue weighted by Gasteiger charge is -2.41. The van der Waals surface area contributed by atoms with E-state index < -0.39 is 0 Å². The van der Waals surface area contributed by atoms with E-state index in [9.17, 15) is 10.1 Å². The second-order valence-electron chi connectivity index (χ2n) is 6.85. The highest BCUT2D eigenvalue weighted by Crippen LogP contribution is 2.67. The number of nitro groups is 1. The second-order valence-corrected chi connectivity index (χ2v) is 6.85. The third kappa shape index (κ3) is 1.77. The monoisotopic (exact) mass is 252 g/mol. The van der Waals surface area contributed by atoms with Gasteiger partial charge < -0.3 is 5.32 Å². The molecule has 1 aliphatic heterocycles. The summed E-state index contributed by atoms with van der Waals surface area (Å²) in [6.45, 7) is 3.22. The van der Waals surface area contributed by atoms with Crippen molar-refractivity contribution in [1.82, 2.24) is 5.32 Å². The van der Waals surface area contributed by atoms with Crippen molar-refractivity contribution in [2.45, 2.75) is 69.9 Å². The molecule has 0 aromatic carbocycles. The summed E-state index contributed by atoms with van der Waals surface area (Å²) in [7, 11) is 0. The molecule has 0 bridgehead atoms. The first kappa shape index (κ1) is 12.4. The quantitative estimate of drug-likeness (QED) is 0.607. The van der Waals surface area contributed by atoms with Crippen molar-refractivity contribution in [3.05, 3.63) is 10.1 Å². The van der Waals surface area contributed by atoms with Gasteiger partial charge in [-0.1, -0.05) is 12.8 Å². The van der Waals surface area contributed by atoms with Crippen molar-refractivity contribution >= 4 is 0 Å². The van der Waals surface area contributed by atoms with Crippen molar-refractivity contribution in [3.63, 3.8) is 0 Å². The molecule has 3 rings (SSSR count). The standard InChI is InChI=1S/C14H24N2O2/c1-13(14-7-3-2-5-11(14)9-14)10-12(16(17)18)6-4-8-15-13/h11-12,15H,2-10H2,1H3. The maximum absolute atomic E-state index is 11.2. The van der Waals surface area contributed by atoms with Crippen LogP contribution in [0.4, 0.5) is 0 Å². The molecule has 102 valence electrons. The molecule has 0 aromatic rings. The predicted octanol–water partition coefficient (Wildman–Crippen LogP) is 2.74. The minimum atomic E-state index is -0.331. The normalized spacial score (nSPS) is 48.1. The van der Waals surface area contributed by atoms with Gasteiger partial charge in [-0.05, 0) is 50.5 Å². The summed E-state index contributed by atoms with van der Waals surface area (Å²) in [6, 6.07) is -0.331. The van der Waals surface area contributed by atoms with E-state index in [0.29, 0.717) is 5.41 Å². The molecule has 1 heterocycles. The van der Waals surface area contributed by atoms with Gasteiger partial charge in [-0.25, -0.2) is 0 Å². The molecule has 2 aliphatic carbocycles. The van der Waals surface area contributed by atoms with Crippen LogP contribution in [0.1, 0.15) is 58.3 Å². The maximum atomic E-state index is 11.2. The number of nitrogens with one attached hydrogen (secondary N) is 1. The zero-order chi connectivity index (χ0) is 12.8. The van der Waals surface area contributed by atoms with Gasteiger partial charge in [0.2, 0.25) is 6.04 Å². The molecule has 3 fully saturated rings. The van der Waals surface area contributed by atoms with Crippen LogP contribution in [-0.4, -0.2) is 23.0 Å². The van der Waals surface area contributed by atoms with E-state index in [2.05, 4.69) is 12.2 Å². The SMILES string of the molecule is CC1(C23CCCCC2C3)CC([N+](=O)[O-])CCCN1. The fraction of sp³-hybridized carbons (Fsp3) is 1.00. The molecule has 2 saturated carbocycles. The Labute approximate surface area is 109 Å². The fourth-order valence-corrected chi connectivity index (χ4v) is 4.75. The summed E-state index contributed by atoms with van der Waals surface area (Å²) in [5, 5.41) is 14.9. The Morgan fingerprint density at radius 3 is 2.78 bits per heavy atom. The largest absolute Gasteiger partial charge is 0.311 e. The van der Waals surface area contributed by atoms with E-state index in [1.807, 2.05) is 0 Å². The van der Waals surface area contributed by atoms with Gasteiger partial charge in [0.25, 0.3) is 0 Å². The molecule has 4 unspecified atom stereocenters. The highest BCUT2D eigenvalue weighted by Gasteiger charge is 2.65. The lowest BCUT2D eigenvalue weighted by Crippen LogP contribution is -2.53. The van der Waals surface area contributed by atoms with Crippen LogP contribution in [0.3, 0.4) is 0 Å². The van der Waals surface area contributed by atoms with E-state index in [-0.39, 0.29) is 16.5 Å². The molecule has 18 heavy (non-hydrogen) atoms. The van der Waals surface area contributed by atoms with Gasteiger partial charge >= 0.3 is 0 Å². The van der Waals surface area contributed by atoms with E-state index in [4.69, 9.17) is 0 Å². The summed E-state index contributed by atoms with van der Waals surface area (Å²) < 4.78 is 0. The van der Waals surface area contributed by atoms with Crippen LogP contribution < -0.4 is 5.32 Å². The number of nitrogens with zero attached hydrogens (tertiary/aromatic N) is 1. The van der Waals surface area contributed by atoms with Crippen LogP contribution in [-0.2, 0) is 0 Å². The van der Waals surface area contributed by atoms with Crippen LogP contribution >= 0.6 is 0 Å². The number of hydrogen-bond acceptors (Lipinski definition) is 3. The molecule has 1 N–H and O–H groups in total. The Bertz CT molecular complexity index is 360. The Morgan fingerprint density at radius 1 is 1.22 bits per heavy atom. The maximum Gasteiger partial charge on any atom is 0.215 e. The fourth-order valence-electron chi connectivity index (χ4n) is 4.75. The molecule has 3 aliphatic rings. The second kappa shape index (κ2) is 4.19. The lowest BCUT2D eigenvalue weighted by atomic mass is 9.71. The smallest absolute Gasteiger partial charge is 0.215 e. The number of hydrogen-bond donors (Lipinski definition) is 1. The third-order valence-electron chi connectivity index (χ3n) is 5.93. The minimum absolute atomic E-state index is 0.00627. The van der Waals surface area contributed by atoms with Gasteiger partial charge in [-0.2, -0.15) is 0 Å². The van der Waals surface area contributed by atoms with Gasteiger partial charge in [0, 0.05) is 23.3 Å².